The SMILES string of the molecule is CNCC(C)C(=O)NCC1(c2ccc(Cl)cc2)CC1.Cl. The minimum Gasteiger partial charge on any atom is -0.355 e. The molecule has 0 aliphatic heterocycles. The van der Waals surface area contributed by atoms with E-state index >= 15 is 0 Å². The Labute approximate surface area is 131 Å². The molecular weight excluding hydrogens is 295 g/mol. The lowest BCUT2D eigenvalue weighted by molar-refractivity contribution is -0.124. The first-order valence-electron chi connectivity index (χ1n) is 6.76. The summed E-state index contributed by atoms with van der Waals surface area (Å²) >= 11 is 5.91. The first kappa shape index (κ1) is 17.3. The molecule has 5 heteroatoms. The summed E-state index contributed by atoms with van der Waals surface area (Å²) in [6.45, 7) is 3.37. The maximum atomic E-state index is 11.9. The Morgan fingerprint density at radius 3 is 2.45 bits per heavy atom. The Hall–Kier alpha value is -0.770. The number of benzene rings is 1. The van der Waals surface area contributed by atoms with Crippen LogP contribution in [0.5, 0.6) is 0 Å². The van der Waals surface area contributed by atoms with Crippen LogP contribution in [0.1, 0.15) is 25.3 Å². The Bertz CT molecular complexity index is 444. The molecule has 3 nitrogen and oxygen atoms in total. The van der Waals surface area contributed by atoms with Gasteiger partial charge in [-0.2, -0.15) is 0 Å². The second kappa shape index (κ2) is 7.30. The molecule has 20 heavy (non-hydrogen) atoms. The fraction of sp³-hybridized carbons (Fsp3) is 0.533. The van der Waals surface area contributed by atoms with Crippen LogP contribution in [0.25, 0.3) is 0 Å². The molecule has 0 heterocycles. The summed E-state index contributed by atoms with van der Waals surface area (Å²) < 4.78 is 0. The summed E-state index contributed by atoms with van der Waals surface area (Å²) in [7, 11) is 1.86. The zero-order valence-electron chi connectivity index (χ0n) is 11.9. The molecule has 1 aliphatic rings. The molecule has 0 aromatic heterocycles. The zero-order valence-corrected chi connectivity index (χ0v) is 13.5. The highest BCUT2D eigenvalue weighted by molar-refractivity contribution is 6.30. The molecule has 0 bridgehead atoms. The summed E-state index contributed by atoms with van der Waals surface area (Å²) in [4.78, 5) is 11.9. The Kier molecular flexibility index (Phi) is 6.31. The molecule has 1 aromatic carbocycles. The van der Waals surface area contributed by atoms with Gasteiger partial charge in [0.05, 0.1) is 0 Å². The summed E-state index contributed by atoms with van der Waals surface area (Å²) in [6.07, 6.45) is 2.27. The van der Waals surface area contributed by atoms with Crippen LogP contribution in [-0.2, 0) is 10.2 Å². The van der Waals surface area contributed by atoms with Gasteiger partial charge in [-0.1, -0.05) is 30.7 Å². The van der Waals surface area contributed by atoms with Gasteiger partial charge in [0.15, 0.2) is 0 Å². The van der Waals surface area contributed by atoms with Crippen molar-refractivity contribution in [1.82, 2.24) is 10.6 Å². The number of hydrogen-bond donors (Lipinski definition) is 2. The molecule has 1 unspecified atom stereocenters. The average molecular weight is 317 g/mol. The van der Waals surface area contributed by atoms with Gasteiger partial charge in [-0.25, -0.2) is 0 Å². The highest BCUT2D eigenvalue weighted by atomic mass is 35.5. The Morgan fingerprint density at radius 1 is 1.35 bits per heavy atom. The molecule has 1 aliphatic carbocycles. The van der Waals surface area contributed by atoms with Crippen molar-refractivity contribution in [3.05, 3.63) is 34.9 Å². The van der Waals surface area contributed by atoms with E-state index in [0.29, 0.717) is 6.54 Å². The number of nitrogens with one attached hydrogen (secondary N) is 2. The lowest BCUT2D eigenvalue weighted by Gasteiger charge is -2.18. The van der Waals surface area contributed by atoms with Crippen LogP contribution >= 0.6 is 24.0 Å². The standard InChI is InChI=1S/C15H21ClN2O.ClH/c1-11(9-17-2)14(19)18-10-15(7-8-15)12-3-5-13(16)6-4-12;/h3-6,11,17H,7-10H2,1-2H3,(H,18,19);1H. The van der Waals surface area contributed by atoms with Crippen molar-refractivity contribution in [1.29, 1.82) is 0 Å². The van der Waals surface area contributed by atoms with Crippen molar-refractivity contribution < 1.29 is 4.79 Å². The van der Waals surface area contributed by atoms with Crippen LogP contribution in [0.2, 0.25) is 5.02 Å². The maximum Gasteiger partial charge on any atom is 0.224 e. The lowest BCUT2D eigenvalue weighted by Crippen LogP contribution is -2.38. The van der Waals surface area contributed by atoms with Gasteiger partial charge in [-0.05, 0) is 37.6 Å². The maximum absolute atomic E-state index is 11.9. The molecule has 2 rings (SSSR count). The van der Waals surface area contributed by atoms with Gasteiger partial charge < -0.3 is 10.6 Å². The van der Waals surface area contributed by atoms with Gasteiger partial charge in [0.25, 0.3) is 0 Å². The summed E-state index contributed by atoms with van der Waals surface area (Å²) in [5.74, 6) is 0.126. The number of carbonyl (C=O) groups excluding carboxylic acids is 1. The average Bonchev–Trinajstić information content (AvgIpc) is 3.18. The van der Waals surface area contributed by atoms with Gasteiger partial charge in [0, 0.05) is 29.4 Å². The van der Waals surface area contributed by atoms with Crippen molar-refractivity contribution in [3.63, 3.8) is 0 Å². The number of carbonyl (C=O) groups is 1. The predicted molar refractivity (Wildman–Crippen MR) is 85.7 cm³/mol. The monoisotopic (exact) mass is 316 g/mol. The predicted octanol–water partition coefficient (Wildman–Crippen LogP) is 2.77. The number of halogens is 2. The largest absolute Gasteiger partial charge is 0.355 e. The van der Waals surface area contributed by atoms with Crippen molar-refractivity contribution in [2.45, 2.75) is 25.2 Å². The molecule has 1 aromatic rings. The minimum atomic E-state index is 0. The van der Waals surface area contributed by atoms with Crippen LogP contribution < -0.4 is 10.6 Å². The van der Waals surface area contributed by atoms with Gasteiger partial charge >= 0.3 is 0 Å². The highest BCUT2D eigenvalue weighted by Crippen LogP contribution is 2.47. The van der Waals surface area contributed by atoms with Crippen LogP contribution in [0.15, 0.2) is 24.3 Å². The van der Waals surface area contributed by atoms with E-state index in [4.69, 9.17) is 11.6 Å². The van der Waals surface area contributed by atoms with Crippen molar-refractivity contribution in [2.24, 2.45) is 5.92 Å². The Morgan fingerprint density at radius 2 is 1.95 bits per heavy atom. The van der Waals surface area contributed by atoms with Gasteiger partial charge in [-0.3, -0.25) is 4.79 Å². The highest BCUT2D eigenvalue weighted by Gasteiger charge is 2.44. The molecule has 1 saturated carbocycles. The first-order valence-corrected chi connectivity index (χ1v) is 7.13. The third kappa shape index (κ3) is 4.11. The van der Waals surface area contributed by atoms with E-state index in [-0.39, 0.29) is 29.6 Å². The second-order valence-electron chi connectivity index (χ2n) is 5.46. The van der Waals surface area contributed by atoms with E-state index in [1.807, 2.05) is 26.1 Å². The number of amides is 1. The molecule has 1 fully saturated rings. The molecular formula is C15H22Cl2N2O. The van der Waals surface area contributed by atoms with E-state index in [0.717, 1.165) is 24.4 Å². The lowest BCUT2D eigenvalue weighted by atomic mass is 9.96. The molecule has 2 N–H and O–H groups in total. The van der Waals surface area contributed by atoms with Crippen molar-refractivity contribution >= 4 is 29.9 Å². The van der Waals surface area contributed by atoms with Crippen molar-refractivity contribution in [2.75, 3.05) is 20.1 Å². The smallest absolute Gasteiger partial charge is 0.224 e. The molecule has 112 valence electrons. The van der Waals surface area contributed by atoms with E-state index in [1.54, 1.807) is 0 Å². The zero-order chi connectivity index (χ0) is 13.9. The minimum absolute atomic E-state index is 0. The van der Waals surface area contributed by atoms with Gasteiger partial charge in [-0.15, -0.1) is 12.4 Å². The second-order valence-corrected chi connectivity index (χ2v) is 5.90. The number of rotatable bonds is 6. The van der Waals surface area contributed by atoms with Crippen molar-refractivity contribution in [3.8, 4) is 0 Å². The molecule has 0 radical (unpaired) electrons. The molecule has 1 amide bonds. The van der Waals surface area contributed by atoms with E-state index in [1.165, 1.54) is 5.56 Å². The third-order valence-electron chi connectivity index (χ3n) is 3.87. The molecule has 0 saturated heterocycles. The fourth-order valence-corrected chi connectivity index (χ4v) is 2.48. The topological polar surface area (TPSA) is 41.1 Å². The third-order valence-corrected chi connectivity index (χ3v) is 4.12. The van der Waals surface area contributed by atoms with E-state index in [2.05, 4.69) is 22.8 Å². The number of hydrogen-bond acceptors (Lipinski definition) is 2. The van der Waals surface area contributed by atoms with Crippen LogP contribution in [0, 0.1) is 5.92 Å². The summed E-state index contributed by atoms with van der Waals surface area (Å²) in [5, 5.41) is 6.85. The quantitative estimate of drug-likeness (QED) is 0.847. The van der Waals surface area contributed by atoms with Crippen LogP contribution in [0.4, 0.5) is 0 Å². The van der Waals surface area contributed by atoms with Gasteiger partial charge in [0.1, 0.15) is 0 Å². The van der Waals surface area contributed by atoms with Crippen LogP contribution in [-0.4, -0.2) is 26.0 Å². The fourth-order valence-electron chi connectivity index (χ4n) is 2.35. The molecule has 0 spiro atoms. The normalized spacial score (nSPS) is 16.9. The molecule has 1 atom stereocenters. The van der Waals surface area contributed by atoms with E-state index < -0.39 is 0 Å². The van der Waals surface area contributed by atoms with Crippen LogP contribution in [0.3, 0.4) is 0 Å². The Balaban J connectivity index is 0.00000200. The first-order chi connectivity index (χ1) is 9.07. The van der Waals surface area contributed by atoms with E-state index in [9.17, 15) is 4.79 Å². The van der Waals surface area contributed by atoms with Gasteiger partial charge in [0.2, 0.25) is 5.91 Å². The summed E-state index contributed by atoms with van der Waals surface area (Å²) in [6, 6.07) is 7.97. The summed E-state index contributed by atoms with van der Waals surface area (Å²) in [5.41, 5.74) is 1.41.